The molecule has 0 N–H and O–H groups in total. The van der Waals surface area contributed by atoms with E-state index in [0.29, 0.717) is 0 Å². The van der Waals surface area contributed by atoms with Crippen LogP contribution in [-0.4, -0.2) is 28.4 Å². The fraction of sp³-hybridized carbons (Fsp3) is 0.300. The van der Waals surface area contributed by atoms with Crippen LogP contribution in [0, 0.1) is 0 Å². The molecule has 3 heteroatoms. The molecule has 0 aromatic carbocycles. The Kier molecular flexibility index (Phi) is 2.02. The highest BCUT2D eigenvalue weighted by molar-refractivity contribution is 5.45. The second-order valence-electron chi connectivity index (χ2n) is 3.41. The largest absolute Gasteiger partial charge is 0.303 e. The number of fused-ring (bicyclic) bond motifs is 1. The van der Waals surface area contributed by atoms with Crippen LogP contribution in [0.4, 0.5) is 0 Å². The average Bonchev–Trinajstić information content (AvgIpc) is 2.48. The predicted octanol–water partition coefficient (Wildman–Crippen LogP) is 1.40. The van der Waals surface area contributed by atoms with Crippen molar-refractivity contribution in [2.24, 2.45) is 0 Å². The topological polar surface area (TPSA) is 20.5 Å². The van der Waals surface area contributed by atoms with E-state index in [1.807, 2.05) is 38.6 Å². The Morgan fingerprint density at radius 2 is 2.23 bits per heavy atom. The molecular formula is C10H13N3. The first kappa shape index (κ1) is 8.26. The van der Waals surface area contributed by atoms with Crippen LogP contribution in [0.25, 0.3) is 5.52 Å². The van der Waals surface area contributed by atoms with Crippen molar-refractivity contribution in [3.8, 4) is 0 Å². The number of hydrogen-bond acceptors (Lipinski definition) is 2. The standard InChI is InChI=1S/C10H13N3/c1-12(2)8-10-11-7-9-5-3-4-6-13(9)10/h3-7H,8H2,1-2H3. The van der Waals surface area contributed by atoms with Crippen molar-refractivity contribution >= 4 is 5.52 Å². The van der Waals surface area contributed by atoms with Gasteiger partial charge in [-0.05, 0) is 26.2 Å². The molecule has 2 heterocycles. The summed E-state index contributed by atoms with van der Waals surface area (Å²) >= 11 is 0. The van der Waals surface area contributed by atoms with Crippen molar-refractivity contribution in [1.82, 2.24) is 14.3 Å². The summed E-state index contributed by atoms with van der Waals surface area (Å²) in [4.78, 5) is 6.47. The molecule has 3 nitrogen and oxygen atoms in total. The van der Waals surface area contributed by atoms with Gasteiger partial charge in [0.05, 0.1) is 18.3 Å². The monoisotopic (exact) mass is 175 g/mol. The molecule has 0 bridgehead atoms. The molecule has 0 aliphatic rings. The fourth-order valence-electron chi connectivity index (χ4n) is 1.40. The SMILES string of the molecule is CN(C)Cc1ncc2ccccn12. The minimum atomic E-state index is 0.873. The lowest BCUT2D eigenvalue weighted by Crippen LogP contribution is -2.13. The van der Waals surface area contributed by atoms with Gasteiger partial charge in [-0.1, -0.05) is 6.07 Å². The zero-order valence-corrected chi connectivity index (χ0v) is 7.94. The molecule has 0 radical (unpaired) electrons. The number of rotatable bonds is 2. The number of hydrogen-bond donors (Lipinski definition) is 0. The summed E-state index contributed by atoms with van der Waals surface area (Å²) in [6.45, 7) is 0.873. The predicted molar refractivity (Wildman–Crippen MR) is 52.6 cm³/mol. The van der Waals surface area contributed by atoms with Gasteiger partial charge >= 0.3 is 0 Å². The van der Waals surface area contributed by atoms with E-state index in [1.165, 1.54) is 0 Å². The summed E-state index contributed by atoms with van der Waals surface area (Å²) < 4.78 is 2.11. The molecular weight excluding hydrogens is 162 g/mol. The van der Waals surface area contributed by atoms with Crippen molar-refractivity contribution in [3.63, 3.8) is 0 Å². The highest BCUT2D eigenvalue weighted by Gasteiger charge is 2.02. The van der Waals surface area contributed by atoms with Crippen molar-refractivity contribution in [2.45, 2.75) is 6.54 Å². The molecule has 2 aromatic rings. The first-order valence-electron chi connectivity index (χ1n) is 4.33. The number of imidazole rings is 1. The number of nitrogens with zero attached hydrogens (tertiary/aromatic N) is 3. The molecule has 0 aliphatic heterocycles. The van der Waals surface area contributed by atoms with E-state index in [0.717, 1.165) is 17.9 Å². The minimum absolute atomic E-state index is 0.873. The maximum absolute atomic E-state index is 4.36. The highest BCUT2D eigenvalue weighted by atomic mass is 15.1. The summed E-state index contributed by atoms with van der Waals surface area (Å²) in [5.41, 5.74) is 1.15. The molecule has 0 fully saturated rings. The van der Waals surface area contributed by atoms with E-state index in [9.17, 15) is 0 Å². The van der Waals surface area contributed by atoms with Crippen LogP contribution in [0.5, 0.6) is 0 Å². The van der Waals surface area contributed by atoms with Gasteiger partial charge in [-0.25, -0.2) is 4.98 Å². The Balaban J connectivity index is 2.46. The van der Waals surface area contributed by atoms with Gasteiger partial charge in [0.25, 0.3) is 0 Å². The van der Waals surface area contributed by atoms with Crippen molar-refractivity contribution in [1.29, 1.82) is 0 Å². The molecule has 0 amide bonds. The second-order valence-corrected chi connectivity index (χ2v) is 3.41. The Morgan fingerprint density at radius 3 is 3.00 bits per heavy atom. The molecule has 0 aliphatic carbocycles. The van der Waals surface area contributed by atoms with E-state index < -0.39 is 0 Å². The second kappa shape index (κ2) is 3.18. The van der Waals surface area contributed by atoms with Gasteiger partial charge in [0.1, 0.15) is 5.82 Å². The Bertz CT molecular complexity index is 403. The Labute approximate surface area is 77.6 Å². The van der Waals surface area contributed by atoms with Gasteiger partial charge in [0.15, 0.2) is 0 Å². The summed E-state index contributed by atoms with van der Waals surface area (Å²) in [5, 5.41) is 0. The smallest absolute Gasteiger partial charge is 0.127 e. The molecule has 13 heavy (non-hydrogen) atoms. The van der Waals surface area contributed by atoms with Crippen molar-refractivity contribution in [2.75, 3.05) is 14.1 Å². The highest BCUT2D eigenvalue weighted by Crippen LogP contribution is 2.06. The summed E-state index contributed by atoms with van der Waals surface area (Å²) in [7, 11) is 4.09. The molecule has 2 aromatic heterocycles. The lowest BCUT2D eigenvalue weighted by molar-refractivity contribution is 0.389. The van der Waals surface area contributed by atoms with Crippen molar-refractivity contribution < 1.29 is 0 Å². The van der Waals surface area contributed by atoms with Crippen LogP contribution in [0.3, 0.4) is 0 Å². The van der Waals surface area contributed by atoms with E-state index in [1.54, 1.807) is 0 Å². The lowest BCUT2D eigenvalue weighted by Gasteiger charge is -2.07. The van der Waals surface area contributed by atoms with Crippen LogP contribution in [-0.2, 0) is 6.54 Å². The number of aromatic nitrogens is 2. The van der Waals surface area contributed by atoms with Crippen LogP contribution in [0.2, 0.25) is 0 Å². The zero-order chi connectivity index (χ0) is 9.26. The molecule has 2 rings (SSSR count). The van der Waals surface area contributed by atoms with E-state index in [2.05, 4.69) is 20.4 Å². The minimum Gasteiger partial charge on any atom is -0.303 e. The van der Waals surface area contributed by atoms with Crippen LogP contribution in [0.1, 0.15) is 5.82 Å². The van der Waals surface area contributed by atoms with Gasteiger partial charge in [-0.3, -0.25) is 0 Å². The van der Waals surface area contributed by atoms with Crippen LogP contribution < -0.4 is 0 Å². The normalized spacial score (nSPS) is 11.3. The number of pyridine rings is 1. The third kappa shape index (κ3) is 1.55. The first-order chi connectivity index (χ1) is 6.27. The summed E-state index contributed by atoms with van der Waals surface area (Å²) in [6.07, 6.45) is 3.94. The maximum atomic E-state index is 4.36. The third-order valence-electron chi connectivity index (χ3n) is 1.97. The molecule has 0 saturated carbocycles. The molecule has 0 atom stereocenters. The van der Waals surface area contributed by atoms with Gasteiger partial charge in [0.2, 0.25) is 0 Å². The molecule has 68 valence electrons. The van der Waals surface area contributed by atoms with E-state index in [-0.39, 0.29) is 0 Å². The van der Waals surface area contributed by atoms with E-state index >= 15 is 0 Å². The summed E-state index contributed by atoms with van der Waals surface area (Å²) in [6, 6.07) is 6.11. The van der Waals surface area contributed by atoms with Crippen molar-refractivity contribution in [3.05, 3.63) is 36.4 Å². The van der Waals surface area contributed by atoms with E-state index in [4.69, 9.17) is 0 Å². The lowest BCUT2D eigenvalue weighted by atomic mass is 10.4. The van der Waals surface area contributed by atoms with Crippen LogP contribution >= 0.6 is 0 Å². The first-order valence-corrected chi connectivity index (χ1v) is 4.33. The third-order valence-corrected chi connectivity index (χ3v) is 1.97. The average molecular weight is 175 g/mol. The molecule has 0 unspecified atom stereocenters. The maximum Gasteiger partial charge on any atom is 0.127 e. The van der Waals surface area contributed by atoms with Gasteiger partial charge in [0, 0.05) is 6.20 Å². The molecule has 0 spiro atoms. The van der Waals surface area contributed by atoms with Gasteiger partial charge < -0.3 is 9.30 Å². The van der Waals surface area contributed by atoms with Crippen LogP contribution in [0.15, 0.2) is 30.6 Å². The Morgan fingerprint density at radius 1 is 1.38 bits per heavy atom. The van der Waals surface area contributed by atoms with Gasteiger partial charge in [-0.2, -0.15) is 0 Å². The molecule has 0 saturated heterocycles. The summed E-state index contributed by atoms with van der Waals surface area (Å²) in [5.74, 6) is 1.08. The zero-order valence-electron chi connectivity index (χ0n) is 7.94. The van der Waals surface area contributed by atoms with Gasteiger partial charge in [-0.15, -0.1) is 0 Å². The quantitative estimate of drug-likeness (QED) is 0.687. The Hall–Kier alpha value is -1.35. The fourth-order valence-corrected chi connectivity index (χ4v) is 1.40.